The van der Waals surface area contributed by atoms with Gasteiger partial charge in [0.05, 0.1) is 16.2 Å². The van der Waals surface area contributed by atoms with Crippen LogP contribution >= 0.6 is 0 Å². The Morgan fingerprint density at radius 2 is 1.93 bits per heavy atom. The Hall–Kier alpha value is -3.17. The van der Waals surface area contributed by atoms with Crippen LogP contribution in [0.25, 0.3) is 0 Å². The van der Waals surface area contributed by atoms with E-state index in [4.69, 9.17) is 4.74 Å². The Morgan fingerprint density at radius 3 is 2.54 bits per heavy atom. The monoisotopic (exact) mass is 392 g/mol. The maximum Gasteiger partial charge on any atom is 0.341 e. The summed E-state index contributed by atoms with van der Waals surface area (Å²) in [4.78, 5) is 48.2. The molecule has 0 bridgehead atoms. The van der Waals surface area contributed by atoms with Crippen molar-refractivity contribution in [3.8, 4) is 0 Å². The Bertz CT molecular complexity index is 758. The van der Waals surface area contributed by atoms with Crippen LogP contribution in [0.1, 0.15) is 37.0 Å². The summed E-state index contributed by atoms with van der Waals surface area (Å²) < 4.78 is 4.97. The first-order valence-electron chi connectivity index (χ1n) is 9.06. The average Bonchev–Trinajstić information content (AvgIpc) is 3.18. The maximum atomic E-state index is 12.5. The highest BCUT2D eigenvalue weighted by atomic mass is 16.6. The number of nitrogens with zero attached hydrogens (tertiary/aromatic N) is 2. The highest BCUT2D eigenvalue weighted by molar-refractivity contribution is 5.99. The zero-order valence-corrected chi connectivity index (χ0v) is 15.9. The molecule has 1 fully saturated rings. The van der Waals surface area contributed by atoms with Crippen LogP contribution in [0.3, 0.4) is 0 Å². The molecule has 0 atom stereocenters. The number of nitro benzene ring substituents is 1. The van der Waals surface area contributed by atoms with Crippen LogP contribution in [0.4, 0.5) is 16.2 Å². The molecule has 1 aromatic carbocycles. The van der Waals surface area contributed by atoms with Crippen molar-refractivity contribution in [2.45, 2.75) is 26.7 Å². The lowest BCUT2D eigenvalue weighted by Crippen LogP contribution is -2.42. The molecule has 1 aliphatic rings. The van der Waals surface area contributed by atoms with Crippen LogP contribution in [0.5, 0.6) is 0 Å². The van der Waals surface area contributed by atoms with E-state index < -0.39 is 29.4 Å². The van der Waals surface area contributed by atoms with E-state index in [0.29, 0.717) is 12.2 Å². The van der Waals surface area contributed by atoms with Crippen LogP contribution in [0, 0.1) is 16.0 Å². The average molecular weight is 392 g/mol. The van der Waals surface area contributed by atoms with Gasteiger partial charge in [-0.25, -0.2) is 9.59 Å². The predicted molar refractivity (Wildman–Crippen MR) is 101 cm³/mol. The minimum Gasteiger partial charge on any atom is -0.452 e. The number of anilines is 1. The van der Waals surface area contributed by atoms with Crippen molar-refractivity contribution in [2.24, 2.45) is 5.92 Å². The summed E-state index contributed by atoms with van der Waals surface area (Å²) in [7, 11) is 0. The van der Waals surface area contributed by atoms with Gasteiger partial charge in [0, 0.05) is 31.8 Å². The molecular formula is C18H24N4O6. The Morgan fingerprint density at radius 1 is 1.25 bits per heavy atom. The number of nitrogens with one attached hydrogen (secondary N) is 2. The molecule has 28 heavy (non-hydrogen) atoms. The van der Waals surface area contributed by atoms with E-state index >= 15 is 0 Å². The number of benzene rings is 1. The molecule has 1 aromatic rings. The molecule has 0 saturated carbocycles. The number of hydrogen-bond donors (Lipinski definition) is 2. The number of urea groups is 1. The molecule has 3 amide bonds. The Balaban J connectivity index is 2.02. The number of imide groups is 1. The zero-order chi connectivity index (χ0) is 20.7. The SMILES string of the molecule is CC(C)CNC(=O)NC(=O)COC(=O)c1cc([N+](=O)[O-])ccc1N1CCCC1. The fourth-order valence-corrected chi connectivity index (χ4v) is 2.75. The summed E-state index contributed by atoms with van der Waals surface area (Å²) in [6.07, 6.45) is 1.92. The lowest BCUT2D eigenvalue weighted by Gasteiger charge is -2.20. The Labute approximate surface area is 162 Å². The topological polar surface area (TPSA) is 131 Å². The first-order chi connectivity index (χ1) is 13.3. The van der Waals surface area contributed by atoms with Gasteiger partial charge in [-0.15, -0.1) is 0 Å². The minimum atomic E-state index is -0.858. The van der Waals surface area contributed by atoms with Crippen LogP contribution in [0.2, 0.25) is 0 Å². The molecule has 1 heterocycles. The molecule has 1 saturated heterocycles. The van der Waals surface area contributed by atoms with Gasteiger partial charge in [0.25, 0.3) is 11.6 Å². The molecule has 0 radical (unpaired) electrons. The molecule has 10 heteroatoms. The third kappa shape index (κ3) is 5.93. The number of hydrogen-bond acceptors (Lipinski definition) is 7. The van der Waals surface area contributed by atoms with Crippen molar-refractivity contribution < 1.29 is 24.0 Å². The maximum absolute atomic E-state index is 12.5. The van der Waals surface area contributed by atoms with E-state index in [1.807, 2.05) is 18.7 Å². The van der Waals surface area contributed by atoms with Gasteiger partial charge in [0.1, 0.15) is 0 Å². The molecule has 1 aliphatic heterocycles. The van der Waals surface area contributed by atoms with Crippen molar-refractivity contribution in [2.75, 3.05) is 31.1 Å². The number of nitro groups is 1. The number of carbonyl (C=O) groups is 3. The van der Waals surface area contributed by atoms with Gasteiger partial charge in [0.2, 0.25) is 0 Å². The van der Waals surface area contributed by atoms with Gasteiger partial charge in [-0.05, 0) is 24.8 Å². The second-order valence-corrected chi connectivity index (χ2v) is 6.88. The van der Waals surface area contributed by atoms with Crippen LogP contribution < -0.4 is 15.5 Å². The van der Waals surface area contributed by atoms with Crippen molar-refractivity contribution in [3.05, 3.63) is 33.9 Å². The van der Waals surface area contributed by atoms with Gasteiger partial charge in [-0.1, -0.05) is 13.8 Å². The van der Waals surface area contributed by atoms with E-state index in [2.05, 4.69) is 10.6 Å². The van der Waals surface area contributed by atoms with Crippen molar-refractivity contribution in [1.29, 1.82) is 0 Å². The number of rotatable bonds is 7. The van der Waals surface area contributed by atoms with Crippen LogP contribution in [-0.2, 0) is 9.53 Å². The van der Waals surface area contributed by atoms with Crippen LogP contribution in [-0.4, -0.2) is 49.1 Å². The van der Waals surface area contributed by atoms with Crippen molar-refractivity contribution in [3.63, 3.8) is 0 Å². The molecule has 2 N–H and O–H groups in total. The molecule has 0 unspecified atom stereocenters. The number of carbonyl (C=O) groups excluding carboxylic acids is 3. The number of esters is 1. The van der Waals surface area contributed by atoms with Gasteiger partial charge < -0.3 is 15.0 Å². The summed E-state index contributed by atoms with van der Waals surface area (Å²) in [6.45, 7) is 4.99. The van der Waals surface area contributed by atoms with Crippen LogP contribution in [0.15, 0.2) is 18.2 Å². The lowest BCUT2D eigenvalue weighted by atomic mass is 10.1. The smallest absolute Gasteiger partial charge is 0.341 e. The first kappa shape index (κ1) is 21.1. The van der Waals surface area contributed by atoms with E-state index in [1.165, 1.54) is 12.1 Å². The predicted octanol–water partition coefficient (Wildman–Crippen LogP) is 1.83. The number of ether oxygens (including phenoxy) is 1. The third-order valence-corrected chi connectivity index (χ3v) is 4.12. The number of non-ortho nitro benzene ring substituents is 1. The molecule has 0 aliphatic carbocycles. The standard InChI is InChI=1S/C18H24N4O6/c1-12(2)10-19-18(25)20-16(23)11-28-17(24)14-9-13(22(26)27)5-6-15(14)21-7-3-4-8-21/h5-6,9,12H,3-4,7-8,10-11H2,1-2H3,(H2,19,20,23,25). The first-order valence-corrected chi connectivity index (χ1v) is 9.06. The van der Waals surface area contributed by atoms with Gasteiger partial charge in [-0.3, -0.25) is 20.2 Å². The van der Waals surface area contributed by atoms with E-state index in [-0.39, 0.29) is 17.2 Å². The fraction of sp³-hybridized carbons (Fsp3) is 0.500. The van der Waals surface area contributed by atoms with E-state index in [1.54, 1.807) is 0 Å². The van der Waals surface area contributed by atoms with Gasteiger partial charge >= 0.3 is 12.0 Å². The normalized spacial score (nSPS) is 13.3. The van der Waals surface area contributed by atoms with E-state index in [9.17, 15) is 24.5 Å². The van der Waals surface area contributed by atoms with Gasteiger partial charge in [0.15, 0.2) is 6.61 Å². The zero-order valence-electron chi connectivity index (χ0n) is 15.9. The third-order valence-electron chi connectivity index (χ3n) is 4.12. The quantitative estimate of drug-likeness (QED) is 0.411. The second-order valence-electron chi connectivity index (χ2n) is 6.88. The molecule has 0 aromatic heterocycles. The summed E-state index contributed by atoms with van der Waals surface area (Å²) in [5, 5.41) is 15.6. The summed E-state index contributed by atoms with van der Waals surface area (Å²) in [5.74, 6) is -1.43. The summed E-state index contributed by atoms with van der Waals surface area (Å²) in [5.41, 5.74) is 0.309. The number of amides is 3. The summed E-state index contributed by atoms with van der Waals surface area (Å²) in [6, 6.07) is 3.31. The van der Waals surface area contributed by atoms with Gasteiger partial charge in [-0.2, -0.15) is 0 Å². The highest BCUT2D eigenvalue weighted by Crippen LogP contribution is 2.28. The highest BCUT2D eigenvalue weighted by Gasteiger charge is 2.24. The molecule has 152 valence electrons. The van der Waals surface area contributed by atoms with Crippen molar-refractivity contribution >= 4 is 29.3 Å². The largest absolute Gasteiger partial charge is 0.452 e. The van der Waals surface area contributed by atoms with Crippen molar-refractivity contribution in [1.82, 2.24) is 10.6 Å². The molecule has 0 spiro atoms. The molecule has 2 rings (SSSR count). The summed E-state index contributed by atoms with van der Waals surface area (Å²) >= 11 is 0. The Kier molecular flexibility index (Phi) is 7.30. The molecular weight excluding hydrogens is 368 g/mol. The second kappa shape index (κ2) is 9.67. The fourth-order valence-electron chi connectivity index (χ4n) is 2.75. The minimum absolute atomic E-state index is 0.0214. The molecule has 10 nitrogen and oxygen atoms in total. The lowest BCUT2D eigenvalue weighted by molar-refractivity contribution is -0.384. The van der Waals surface area contributed by atoms with E-state index in [0.717, 1.165) is 32.0 Å².